The van der Waals surface area contributed by atoms with Gasteiger partial charge in [-0.25, -0.2) is 4.39 Å². The average Bonchev–Trinajstić information content (AvgIpc) is 2.41. The maximum atomic E-state index is 13.7. The molecule has 0 aliphatic carbocycles. The SMILES string of the molecule is O=[N+]([O-])c1ccc(Br)c(NCc2cccc(Cl)c2F)c1. The number of hydrogen-bond donors (Lipinski definition) is 1. The Labute approximate surface area is 127 Å². The van der Waals surface area contributed by atoms with E-state index in [0.29, 0.717) is 15.7 Å². The van der Waals surface area contributed by atoms with Gasteiger partial charge in [-0.15, -0.1) is 0 Å². The second-order valence-electron chi connectivity index (χ2n) is 3.99. The second-order valence-corrected chi connectivity index (χ2v) is 5.25. The van der Waals surface area contributed by atoms with Crippen LogP contribution in [0, 0.1) is 15.9 Å². The highest BCUT2D eigenvalue weighted by atomic mass is 79.9. The molecule has 1 N–H and O–H groups in total. The van der Waals surface area contributed by atoms with E-state index in [1.807, 2.05) is 0 Å². The fourth-order valence-electron chi connectivity index (χ4n) is 1.64. The highest BCUT2D eigenvalue weighted by Gasteiger charge is 2.11. The maximum absolute atomic E-state index is 13.7. The summed E-state index contributed by atoms with van der Waals surface area (Å²) < 4.78 is 14.4. The van der Waals surface area contributed by atoms with E-state index in [4.69, 9.17) is 11.6 Å². The molecule has 20 heavy (non-hydrogen) atoms. The molecule has 0 amide bonds. The molecule has 0 atom stereocenters. The minimum absolute atomic E-state index is 0.0396. The van der Waals surface area contributed by atoms with Crippen molar-refractivity contribution in [2.75, 3.05) is 5.32 Å². The van der Waals surface area contributed by atoms with Gasteiger partial charge in [-0.1, -0.05) is 23.7 Å². The molecule has 0 aromatic heterocycles. The Morgan fingerprint density at radius 1 is 1.35 bits per heavy atom. The van der Waals surface area contributed by atoms with E-state index < -0.39 is 10.7 Å². The number of rotatable bonds is 4. The normalized spacial score (nSPS) is 10.3. The summed E-state index contributed by atoms with van der Waals surface area (Å²) in [5.74, 6) is -0.497. The lowest BCUT2D eigenvalue weighted by atomic mass is 10.2. The highest BCUT2D eigenvalue weighted by molar-refractivity contribution is 9.10. The zero-order valence-corrected chi connectivity index (χ0v) is 12.4. The second kappa shape index (κ2) is 6.19. The molecule has 0 aliphatic heterocycles. The third-order valence-corrected chi connectivity index (χ3v) is 3.65. The smallest absolute Gasteiger partial charge is 0.271 e. The maximum Gasteiger partial charge on any atom is 0.271 e. The molecule has 0 radical (unpaired) electrons. The van der Waals surface area contributed by atoms with Crippen molar-refractivity contribution in [3.8, 4) is 0 Å². The highest BCUT2D eigenvalue weighted by Crippen LogP contribution is 2.28. The van der Waals surface area contributed by atoms with Gasteiger partial charge in [0.15, 0.2) is 0 Å². The van der Waals surface area contributed by atoms with Crippen molar-refractivity contribution >= 4 is 38.9 Å². The Hall–Kier alpha value is -1.66. The summed E-state index contributed by atoms with van der Waals surface area (Å²) in [4.78, 5) is 10.2. The van der Waals surface area contributed by atoms with Crippen LogP contribution in [-0.2, 0) is 6.54 Å². The van der Waals surface area contributed by atoms with E-state index >= 15 is 0 Å². The van der Waals surface area contributed by atoms with Crippen molar-refractivity contribution in [2.24, 2.45) is 0 Å². The molecule has 0 unspecified atom stereocenters. The first-order valence-corrected chi connectivity index (χ1v) is 6.77. The third kappa shape index (κ3) is 3.26. The molecule has 2 rings (SSSR count). The Morgan fingerprint density at radius 3 is 2.80 bits per heavy atom. The number of halogens is 3. The summed E-state index contributed by atoms with van der Waals surface area (Å²) in [7, 11) is 0. The number of non-ortho nitro benzene ring substituents is 1. The van der Waals surface area contributed by atoms with Gasteiger partial charge in [0, 0.05) is 28.7 Å². The van der Waals surface area contributed by atoms with Crippen LogP contribution < -0.4 is 5.32 Å². The molecule has 2 aromatic rings. The molecular weight excluding hydrogens is 351 g/mol. The van der Waals surface area contributed by atoms with E-state index in [1.165, 1.54) is 18.2 Å². The lowest BCUT2D eigenvalue weighted by molar-refractivity contribution is -0.384. The molecule has 0 fully saturated rings. The van der Waals surface area contributed by atoms with Crippen LogP contribution in [0.4, 0.5) is 15.8 Å². The van der Waals surface area contributed by atoms with Crippen molar-refractivity contribution in [3.63, 3.8) is 0 Å². The Balaban J connectivity index is 2.20. The van der Waals surface area contributed by atoms with Gasteiger partial charge in [0.25, 0.3) is 5.69 Å². The van der Waals surface area contributed by atoms with Crippen LogP contribution in [0.2, 0.25) is 5.02 Å². The zero-order chi connectivity index (χ0) is 14.7. The van der Waals surface area contributed by atoms with Gasteiger partial charge in [0.05, 0.1) is 15.6 Å². The first kappa shape index (κ1) is 14.7. The lowest BCUT2D eigenvalue weighted by Gasteiger charge is -2.09. The molecule has 0 spiro atoms. The quantitative estimate of drug-likeness (QED) is 0.632. The molecule has 104 valence electrons. The standard InChI is InChI=1S/C13H9BrClFN2O2/c14-10-5-4-9(18(19)20)6-12(10)17-7-8-2-1-3-11(15)13(8)16/h1-6,17H,7H2. The minimum Gasteiger partial charge on any atom is -0.380 e. The number of hydrogen-bond acceptors (Lipinski definition) is 3. The number of nitrogens with zero attached hydrogens (tertiary/aromatic N) is 1. The molecule has 7 heteroatoms. The topological polar surface area (TPSA) is 55.2 Å². The van der Waals surface area contributed by atoms with Crippen LogP contribution in [-0.4, -0.2) is 4.92 Å². The van der Waals surface area contributed by atoms with Gasteiger partial charge >= 0.3 is 0 Å². The fourth-order valence-corrected chi connectivity index (χ4v) is 2.22. The first-order valence-electron chi connectivity index (χ1n) is 5.59. The predicted octanol–water partition coefficient (Wildman–Crippen LogP) is 4.76. The predicted molar refractivity (Wildman–Crippen MR) is 79.5 cm³/mol. The summed E-state index contributed by atoms with van der Waals surface area (Å²) in [6.45, 7) is 0.173. The van der Waals surface area contributed by atoms with Gasteiger partial charge in [-0.05, 0) is 28.1 Å². The fraction of sp³-hybridized carbons (Fsp3) is 0.0769. The number of anilines is 1. The molecule has 0 heterocycles. The monoisotopic (exact) mass is 358 g/mol. The third-order valence-electron chi connectivity index (χ3n) is 2.66. The summed E-state index contributed by atoms with van der Waals surface area (Å²) in [6, 6.07) is 9.03. The number of benzene rings is 2. The van der Waals surface area contributed by atoms with Gasteiger partial charge in [0.1, 0.15) is 5.82 Å². The van der Waals surface area contributed by atoms with Gasteiger partial charge in [-0.2, -0.15) is 0 Å². The van der Waals surface area contributed by atoms with E-state index in [-0.39, 0.29) is 17.3 Å². The first-order chi connectivity index (χ1) is 9.49. The van der Waals surface area contributed by atoms with Crippen LogP contribution in [0.15, 0.2) is 40.9 Å². The van der Waals surface area contributed by atoms with E-state index in [0.717, 1.165) is 0 Å². The summed E-state index contributed by atoms with van der Waals surface area (Å²) in [5, 5.41) is 13.7. The number of nitrogens with one attached hydrogen (secondary N) is 1. The van der Waals surface area contributed by atoms with Crippen LogP contribution in [0.3, 0.4) is 0 Å². The minimum atomic E-state index is -0.497. The summed E-state index contributed by atoms with van der Waals surface area (Å²) >= 11 is 8.97. The van der Waals surface area contributed by atoms with Gasteiger partial charge in [-0.3, -0.25) is 10.1 Å². The van der Waals surface area contributed by atoms with Crippen LogP contribution >= 0.6 is 27.5 Å². The van der Waals surface area contributed by atoms with Crippen LogP contribution in [0.25, 0.3) is 0 Å². The molecule has 0 saturated carbocycles. The molecule has 2 aromatic carbocycles. The average molecular weight is 360 g/mol. The summed E-state index contributed by atoms with van der Waals surface area (Å²) in [6.07, 6.45) is 0. The molecular formula is C13H9BrClFN2O2. The largest absolute Gasteiger partial charge is 0.380 e. The van der Waals surface area contributed by atoms with Crippen molar-refractivity contribution in [1.29, 1.82) is 0 Å². The number of nitro groups is 1. The summed E-state index contributed by atoms with van der Waals surface area (Å²) in [5.41, 5.74) is 0.858. The van der Waals surface area contributed by atoms with E-state index in [2.05, 4.69) is 21.2 Å². The van der Waals surface area contributed by atoms with Crippen LogP contribution in [0.1, 0.15) is 5.56 Å². The molecule has 0 bridgehead atoms. The Morgan fingerprint density at radius 2 is 2.10 bits per heavy atom. The lowest BCUT2D eigenvalue weighted by Crippen LogP contribution is -2.03. The Bertz CT molecular complexity index is 667. The van der Waals surface area contributed by atoms with Gasteiger partial charge in [0.2, 0.25) is 0 Å². The van der Waals surface area contributed by atoms with Gasteiger partial charge < -0.3 is 5.32 Å². The molecule has 0 saturated heterocycles. The van der Waals surface area contributed by atoms with Crippen molar-refractivity contribution in [1.82, 2.24) is 0 Å². The zero-order valence-electron chi connectivity index (χ0n) is 10.1. The van der Waals surface area contributed by atoms with Crippen molar-refractivity contribution in [2.45, 2.75) is 6.54 Å². The van der Waals surface area contributed by atoms with E-state index in [9.17, 15) is 14.5 Å². The van der Waals surface area contributed by atoms with Crippen molar-refractivity contribution in [3.05, 3.63) is 67.4 Å². The molecule has 0 aliphatic rings. The Kier molecular flexibility index (Phi) is 4.57. The number of nitro benzene ring substituents is 1. The van der Waals surface area contributed by atoms with Crippen molar-refractivity contribution < 1.29 is 9.31 Å². The molecule has 4 nitrogen and oxygen atoms in total. The van der Waals surface area contributed by atoms with Crippen LogP contribution in [0.5, 0.6) is 0 Å². The van der Waals surface area contributed by atoms with E-state index in [1.54, 1.807) is 18.2 Å².